The van der Waals surface area contributed by atoms with Crippen molar-refractivity contribution in [1.82, 2.24) is 19.9 Å². The molecule has 0 aliphatic carbocycles. The summed E-state index contributed by atoms with van der Waals surface area (Å²) in [6.45, 7) is 14.4. The molecule has 136 valence electrons. The summed E-state index contributed by atoms with van der Waals surface area (Å²) >= 11 is 0. The van der Waals surface area contributed by atoms with Crippen molar-refractivity contribution in [2.45, 2.75) is 40.2 Å². The Morgan fingerprint density at radius 2 is 1.72 bits per heavy atom. The molecule has 3 rings (SSSR count). The maximum Gasteiger partial charge on any atom is 0.244 e. The molecular formula is C20H30N4O. The van der Waals surface area contributed by atoms with E-state index in [2.05, 4.69) is 59.8 Å². The summed E-state index contributed by atoms with van der Waals surface area (Å²) in [7, 11) is 0. The van der Waals surface area contributed by atoms with Crippen molar-refractivity contribution in [1.29, 1.82) is 0 Å². The predicted molar refractivity (Wildman–Crippen MR) is 100 cm³/mol. The van der Waals surface area contributed by atoms with E-state index in [1.54, 1.807) is 0 Å². The first-order valence-corrected chi connectivity index (χ1v) is 9.40. The molecule has 0 saturated carbocycles. The highest BCUT2D eigenvalue weighted by Gasteiger charge is 2.25. The Labute approximate surface area is 151 Å². The van der Waals surface area contributed by atoms with E-state index in [9.17, 15) is 0 Å². The van der Waals surface area contributed by atoms with Crippen LogP contribution in [0.1, 0.15) is 44.7 Å². The van der Waals surface area contributed by atoms with Crippen molar-refractivity contribution in [2.24, 2.45) is 5.92 Å². The van der Waals surface area contributed by atoms with Gasteiger partial charge in [0, 0.05) is 31.7 Å². The zero-order chi connectivity index (χ0) is 17.8. The van der Waals surface area contributed by atoms with Crippen LogP contribution in [0, 0.1) is 12.8 Å². The second-order valence-electron chi connectivity index (χ2n) is 7.56. The molecule has 0 bridgehead atoms. The zero-order valence-corrected chi connectivity index (χ0v) is 15.9. The fraction of sp³-hybridized carbons (Fsp3) is 0.600. The van der Waals surface area contributed by atoms with Crippen molar-refractivity contribution in [3.63, 3.8) is 0 Å². The van der Waals surface area contributed by atoms with Crippen LogP contribution in [0.15, 0.2) is 28.8 Å². The summed E-state index contributed by atoms with van der Waals surface area (Å²) in [5.74, 6) is 2.17. The summed E-state index contributed by atoms with van der Waals surface area (Å²) in [6.07, 6.45) is 1.28. The van der Waals surface area contributed by atoms with Crippen LogP contribution in [-0.2, 0) is 0 Å². The minimum absolute atomic E-state index is 0.166. The maximum atomic E-state index is 5.55. The fourth-order valence-electron chi connectivity index (χ4n) is 3.20. The molecule has 1 aliphatic rings. The van der Waals surface area contributed by atoms with E-state index in [-0.39, 0.29) is 6.04 Å². The molecule has 25 heavy (non-hydrogen) atoms. The molecule has 2 aromatic rings. The topological polar surface area (TPSA) is 45.4 Å². The molecule has 1 aliphatic heterocycles. The highest BCUT2D eigenvalue weighted by molar-refractivity contribution is 5.54. The SMILES string of the molecule is Cc1ccc(-c2noc([C@H](C)N3CCN(CCC(C)C)CC3)n2)cc1. The molecule has 1 saturated heterocycles. The van der Waals surface area contributed by atoms with Gasteiger partial charge < -0.3 is 9.42 Å². The Hall–Kier alpha value is -1.72. The number of piperazine rings is 1. The van der Waals surface area contributed by atoms with Gasteiger partial charge in [-0.2, -0.15) is 4.98 Å². The van der Waals surface area contributed by atoms with Gasteiger partial charge in [0.1, 0.15) is 0 Å². The van der Waals surface area contributed by atoms with Crippen LogP contribution in [-0.4, -0.2) is 52.7 Å². The molecule has 1 aromatic heterocycles. The monoisotopic (exact) mass is 342 g/mol. The maximum absolute atomic E-state index is 5.55. The van der Waals surface area contributed by atoms with Gasteiger partial charge in [-0.15, -0.1) is 0 Å². The van der Waals surface area contributed by atoms with Gasteiger partial charge in [-0.05, 0) is 32.7 Å². The lowest BCUT2D eigenvalue weighted by Gasteiger charge is -2.37. The van der Waals surface area contributed by atoms with Gasteiger partial charge in [-0.3, -0.25) is 4.90 Å². The Morgan fingerprint density at radius 1 is 1.04 bits per heavy atom. The van der Waals surface area contributed by atoms with E-state index in [4.69, 9.17) is 4.52 Å². The average molecular weight is 342 g/mol. The fourth-order valence-corrected chi connectivity index (χ4v) is 3.20. The van der Waals surface area contributed by atoms with E-state index < -0.39 is 0 Å². The van der Waals surface area contributed by atoms with Gasteiger partial charge >= 0.3 is 0 Å². The third-order valence-electron chi connectivity index (χ3n) is 5.09. The van der Waals surface area contributed by atoms with Crippen molar-refractivity contribution in [2.75, 3.05) is 32.7 Å². The Balaban J connectivity index is 1.57. The normalized spacial score (nSPS) is 18.0. The van der Waals surface area contributed by atoms with E-state index in [0.717, 1.165) is 37.7 Å². The van der Waals surface area contributed by atoms with Crippen LogP contribution < -0.4 is 0 Å². The van der Waals surface area contributed by atoms with Crippen molar-refractivity contribution >= 4 is 0 Å². The van der Waals surface area contributed by atoms with Crippen LogP contribution in [0.5, 0.6) is 0 Å². The smallest absolute Gasteiger partial charge is 0.244 e. The van der Waals surface area contributed by atoms with Crippen molar-refractivity contribution < 1.29 is 4.52 Å². The lowest BCUT2D eigenvalue weighted by Crippen LogP contribution is -2.47. The van der Waals surface area contributed by atoms with E-state index in [1.807, 2.05) is 12.1 Å². The van der Waals surface area contributed by atoms with Gasteiger partial charge in [0.15, 0.2) is 0 Å². The van der Waals surface area contributed by atoms with Gasteiger partial charge in [-0.1, -0.05) is 48.8 Å². The molecule has 0 spiro atoms. The molecule has 0 amide bonds. The van der Waals surface area contributed by atoms with Crippen LogP contribution in [0.25, 0.3) is 11.4 Å². The molecule has 0 unspecified atom stereocenters. The molecule has 1 fully saturated rings. The van der Waals surface area contributed by atoms with Crippen LogP contribution in [0.3, 0.4) is 0 Å². The lowest BCUT2D eigenvalue weighted by molar-refractivity contribution is 0.0858. The first kappa shape index (κ1) is 18.1. The zero-order valence-electron chi connectivity index (χ0n) is 15.9. The minimum atomic E-state index is 0.166. The summed E-state index contributed by atoms with van der Waals surface area (Å²) < 4.78 is 5.55. The first-order valence-electron chi connectivity index (χ1n) is 9.40. The molecular weight excluding hydrogens is 312 g/mol. The molecule has 5 heteroatoms. The second kappa shape index (κ2) is 8.11. The Morgan fingerprint density at radius 3 is 2.36 bits per heavy atom. The summed E-state index contributed by atoms with van der Waals surface area (Å²) in [4.78, 5) is 9.64. The van der Waals surface area contributed by atoms with Gasteiger partial charge in [0.05, 0.1) is 6.04 Å². The van der Waals surface area contributed by atoms with E-state index >= 15 is 0 Å². The number of benzene rings is 1. The van der Waals surface area contributed by atoms with Gasteiger partial charge in [-0.25, -0.2) is 0 Å². The first-order chi connectivity index (χ1) is 12.0. The summed E-state index contributed by atoms with van der Waals surface area (Å²) in [5.41, 5.74) is 2.24. The van der Waals surface area contributed by atoms with Crippen molar-refractivity contribution in [3.8, 4) is 11.4 Å². The molecule has 1 aromatic carbocycles. The summed E-state index contributed by atoms with van der Waals surface area (Å²) in [5, 5.41) is 4.17. The number of hydrogen-bond donors (Lipinski definition) is 0. The van der Waals surface area contributed by atoms with E-state index in [1.165, 1.54) is 18.5 Å². The summed E-state index contributed by atoms with van der Waals surface area (Å²) in [6, 6.07) is 8.40. The second-order valence-corrected chi connectivity index (χ2v) is 7.56. The molecule has 0 radical (unpaired) electrons. The third kappa shape index (κ3) is 4.67. The standard InChI is InChI=1S/C20H30N4O/c1-15(2)9-10-23-11-13-24(14-12-23)17(4)20-21-19(22-25-20)18-7-5-16(3)6-8-18/h5-8,15,17H,9-14H2,1-4H3/t17-/m0/s1. The third-order valence-corrected chi connectivity index (χ3v) is 5.09. The number of rotatable bonds is 6. The van der Waals surface area contributed by atoms with Gasteiger partial charge in [0.25, 0.3) is 0 Å². The minimum Gasteiger partial charge on any atom is -0.337 e. The number of aryl methyl sites for hydroxylation is 1. The van der Waals surface area contributed by atoms with Gasteiger partial charge in [0.2, 0.25) is 11.7 Å². The number of hydrogen-bond acceptors (Lipinski definition) is 5. The largest absolute Gasteiger partial charge is 0.337 e. The highest BCUT2D eigenvalue weighted by Crippen LogP contribution is 2.23. The molecule has 1 atom stereocenters. The van der Waals surface area contributed by atoms with Crippen LogP contribution in [0.4, 0.5) is 0 Å². The average Bonchev–Trinajstić information content (AvgIpc) is 3.10. The predicted octanol–water partition coefficient (Wildman–Crippen LogP) is 3.77. The Kier molecular flexibility index (Phi) is 5.86. The Bertz CT molecular complexity index is 657. The van der Waals surface area contributed by atoms with E-state index in [0.29, 0.717) is 11.7 Å². The van der Waals surface area contributed by atoms with Crippen LogP contribution >= 0.6 is 0 Å². The van der Waals surface area contributed by atoms with Crippen LogP contribution in [0.2, 0.25) is 0 Å². The van der Waals surface area contributed by atoms with Crippen molar-refractivity contribution in [3.05, 3.63) is 35.7 Å². The quantitative estimate of drug-likeness (QED) is 0.799. The highest BCUT2D eigenvalue weighted by atomic mass is 16.5. The molecule has 2 heterocycles. The lowest BCUT2D eigenvalue weighted by atomic mass is 10.1. The number of nitrogens with zero attached hydrogens (tertiary/aromatic N) is 4. The molecule has 5 nitrogen and oxygen atoms in total. The number of aromatic nitrogens is 2. The molecule has 0 N–H and O–H groups in total.